The average Bonchev–Trinajstić information content (AvgIpc) is 2.36. The van der Waals surface area contributed by atoms with E-state index in [1.807, 2.05) is 6.07 Å². The first-order chi connectivity index (χ1) is 10.1. The van der Waals surface area contributed by atoms with Crippen LogP contribution >= 0.6 is 0 Å². The third-order valence-electron chi connectivity index (χ3n) is 2.32. The van der Waals surface area contributed by atoms with Crippen molar-refractivity contribution in [1.82, 2.24) is 0 Å². The van der Waals surface area contributed by atoms with Crippen molar-refractivity contribution in [3.8, 4) is 0 Å². The van der Waals surface area contributed by atoms with Gasteiger partial charge in [0.1, 0.15) is 0 Å². The first kappa shape index (κ1) is 22.0. The third-order valence-corrected chi connectivity index (χ3v) is 4.60. The molecule has 0 amide bonds. The third kappa shape index (κ3) is 18.1. The molecule has 0 aliphatic rings. The van der Waals surface area contributed by atoms with E-state index in [4.69, 9.17) is 13.8 Å². The quantitative estimate of drug-likeness (QED) is 0.381. The van der Waals surface area contributed by atoms with E-state index in [-0.39, 0.29) is 37.6 Å². The molecule has 0 saturated heterocycles. The Balaban J connectivity index is 0.000000518. The zero-order chi connectivity index (χ0) is 17.1. The molecule has 0 saturated carbocycles. The Morgan fingerprint density at radius 2 is 1.27 bits per heavy atom. The van der Waals surface area contributed by atoms with Gasteiger partial charge in [-0.05, 0) is 12.8 Å². The van der Waals surface area contributed by atoms with Crippen molar-refractivity contribution in [1.29, 1.82) is 0 Å². The summed E-state index contributed by atoms with van der Waals surface area (Å²) < 4.78 is 64.0. The van der Waals surface area contributed by atoms with Crippen molar-refractivity contribution in [2.45, 2.75) is 12.8 Å². The number of hydrogen-bond donors (Lipinski definition) is 2. The van der Waals surface area contributed by atoms with Gasteiger partial charge in [0, 0.05) is 13.2 Å². The number of benzene rings is 1. The van der Waals surface area contributed by atoms with Crippen molar-refractivity contribution >= 4 is 51.0 Å². The van der Waals surface area contributed by atoms with Crippen molar-refractivity contribution in [3.05, 3.63) is 30.3 Å². The first-order valence-electron chi connectivity index (χ1n) is 6.60. The second-order valence-electron chi connectivity index (χ2n) is 4.55. The molecule has 0 atom stereocenters. The second kappa shape index (κ2) is 11.5. The molecule has 0 spiro atoms. The molecule has 0 aromatic heterocycles. The maximum absolute atomic E-state index is 10.2. The molecule has 0 fully saturated rings. The van der Waals surface area contributed by atoms with Crippen LogP contribution in [0.4, 0.5) is 0 Å². The van der Waals surface area contributed by atoms with Crippen LogP contribution in [0.1, 0.15) is 12.8 Å². The summed E-state index contributed by atoms with van der Waals surface area (Å²) in [4.78, 5) is 0. The van der Waals surface area contributed by atoms with E-state index in [9.17, 15) is 16.8 Å². The molecule has 7 nitrogen and oxygen atoms in total. The topological polar surface area (TPSA) is 118 Å². The molecular weight excluding hydrogens is 343 g/mol. The van der Waals surface area contributed by atoms with Gasteiger partial charge in [-0.3, -0.25) is 9.11 Å². The Kier molecular flexibility index (Phi) is 11.5. The summed E-state index contributed by atoms with van der Waals surface area (Å²) in [6.45, 7) is 0.233. The summed E-state index contributed by atoms with van der Waals surface area (Å²) in [6, 6.07) is 10.5. The molecule has 1 aromatic rings. The Labute approximate surface area is 149 Å². The van der Waals surface area contributed by atoms with E-state index in [2.05, 4.69) is 24.3 Å². The maximum atomic E-state index is 10.2. The molecule has 0 bridgehead atoms. The van der Waals surface area contributed by atoms with Gasteiger partial charge in [-0.2, -0.15) is 16.8 Å². The van der Waals surface area contributed by atoms with E-state index in [0.717, 1.165) is 0 Å². The van der Waals surface area contributed by atoms with E-state index < -0.39 is 20.2 Å². The second-order valence-corrected chi connectivity index (χ2v) is 8.85. The van der Waals surface area contributed by atoms with Crippen molar-refractivity contribution in [2.24, 2.45) is 0 Å². The van der Waals surface area contributed by atoms with Gasteiger partial charge in [-0.1, -0.05) is 0 Å². The zero-order valence-electron chi connectivity index (χ0n) is 12.4. The summed E-state index contributed by atoms with van der Waals surface area (Å²) in [7, 11) is -7.91. The summed E-state index contributed by atoms with van der Waals surface area (Å²) in [5.41, 5.74) is 0. The van der Waals surface area contributed by atoms with Gasteiger partial charge in [-0.25, -0.2) is 0 Å². The summed E-state index contributed by atoms with van der Waals surface area (Å²) in [6.07, 6.45) is 0.287. The standard InChI is InChI=1S/C6H14O7S2.C6H5.Na/c7-14(8,9)5-1-3-13-4-2-6-15(10,11)12;1-2-4-6-5-3-1;/h1-6H2,(H,7,8,9)(H,10,11,12);1-5H;. The van der Waals surface area contributed by atoms with Crippen LogP contribution in [0.25, 0.3) is 0 Å². The van der Waals surface area contributed by atoms with Crippen LogP contribution < -0.4 is 2.81 Å². The van der Waals surface area contributed by atoms with Crippen molar-refractivity contribution in [2.75, 3.05) is 24.7 Å². The first-order valence-corrected chi connectivity index (χ1v) is 10.8. The normalized spacial score (nSPS) is 11.6. The summed E-state index contributed by atoms with van der Waals surface area (Å²) >= 11 is 1.17. The zero-order valence-corrected chi connectivity index (χ0v) is 16.0. The predicted molar refractivity (Wildman–Crippen MR) is 84.7 cm³/mol. The minimum atomic E-state index is -3.96. The Bertz CT molecular complexity index is 564. The number of rotatable bonds is 8. The van der Waals surface area contributed by atoms with Crippen LogP contribution in [-0.2, 0) is 25.0 Å². The van der Waals surface area contributed by atoms with Gasteiger partial charge in [0.25, 0.3) is 20.2 Å². The van der Waals surface area contributed by atoms with Crippen LogP contribution in [-0.4, -0.2) is 78.6 Å². The fourth-order valence-corrected chi connectivity index (χ4v) is 2.67. The van der Waals surface area contributed by atoms with Gasteiger partial charge in [-0.15, -0.1) is 0 Å². The fourth-order valence-electron chi connectivity index (χ4n) is 1.32. The molecule has 0 heterocycles. The van der Waals surface area contributed by atoms with E-state index >= 15 is 0 Å². The molecular formula is C12H19NaO7S2. The van der Waals surface area contributed by atoms with Crippen LogP contribution in [0.15, 0.2) is 30.3 Å². The predicted octanol–water partition coefficient (Wildman–Crippen LogP) is 0.0392. The SMILES string of the molecule is O=S(=O)(O)CCCOCCCS(=O)(=O)O.[Na][c]1ccccc1. The van der Waals surface area contributed by atoms with E-state index in [1.165, 1.54) is 30.7 Å². The molecule has 10 heteroatoms. The van der Waals surface area contributed by atoms with Gasteiger partial charge < -0.3 is 4.74 Å². The van der Waals surface area contributed by atoms with E-state index in [0.29, 0.717) is 0 Å². The summed E-state index contributed by atoms with van der Waals surface area (Å²) in [5.74, 6) is -0.767. The average molecular weight is 362 g/mol. The molecule has 1 aromatic carbocycles. The molecule has 2 N–H and O–H groups in total. The van der Waals surface area contributed by atoms with E-state index in [1.54, 1.807) is 0 Å². The number of ether oxygens (including phenoxy) is 1. The van der Waals surface area contributed by atoms with Crippen molar-refractivity contribution in [3.63, 3.8) is 0 Å². The molecule has 0 radical (unpaired) electrons. The van der Waals surface area contributed by atoms with Gasteiger partial charge in [0.05, 0.1) is 11.5 Å². The molecule has 22 heavy (non-hydrogen) atoms. The molecule has 0 unspecified atom stereocenters. The Morgan fingerprint density at radius 1 is 0.864 bits per heavy atom. The summed E-state index contributed by atoms with van der Waals surface area (Å²) in [5, 5.41) is 0. The van der Waals surface area contributed by atoms with Crippen LogP contribution in [0, 0.1) is 0 Å². The molecule has 122 valence electrons. The Hall–Kier alpha value is -0.000000000000000111. The molecule has 0 aliphatic carbocycles. The molecule has 1 rings (SSSR count). The monoisotopic (exact) mass is 362 g/mol. The number of hydrogen-bond acceptors (Lipinski definition) is 5. The van der Waals surface area contributed by atoms with Gasteiger partial charge in [0.2, 0.25) is 0 Å². The Morgan fingerprint density at radius 3 is 1.55 bits per heavy atom. The van der Waals surface area contributed by atoms with Crippen LogP contribution in [0.2, 0.25) is 0 Å². The minimum absolute atomic E-state index is 0.116. The van der Waals surface area contributed by atoms with Crippen molar-refractivity contribution < 1.29 is 30.7 Å². The van der Waals surface area contributed by atoms with Crippen LogP contribution in [0.5, 0.6) is 0 Å². The van der Waals surface area contributed by atoms with Gasteiger partial charge in [0.15, 0.2) is 0 Å². The van der Waals surface area contributed by atoms with Gasteiger partial charge >= 0.3 is 61.1 Å². The van der Waals surface area contributed by atoms with Crippen LogP contribution in [0.3, 0.4) is 0 Å². The fraction of sp³-hybridized carbons (Fsp3) is 0.500. The molecule has 0 aliphatic heterocycles.